The Morgan fingerprint density at radius 1 is 1.30 bits per heavy atom. The molecule has 1 aromatic rings. The number of ether oxygens (including phenoxy) is 2. The summed E-state index contributed by atoms with van der Waals surface area (Å²) in [7, 11) is -3.42. The number of nitrogens with one attached hydrogen (secondary N) is 1. The van der Waals surface area contributed by atoms with Gasteiger partial charge in [0.1, 0.15) is 0 Å². The van der Waals surface area contributed by atoms with Crippen molar-refractivity contribution in [2.24, 2.45) is 5.92 Å². The van der Waals surface area contributed by atoms with Crippen molar-refractivity contribution in [1.29, 1.82) is 0 Å². The maximum absolute atomic E-state index is 12.0. The molecule has 0 aromatic heterocycles. The first-order valence-electron chi connectivity index (χ1n) is 6.29. The van der Waals surface area contributed by atoms with Gasteiger partial charge in [0.05, 0.1) is 11.4 Å². The molecule has 0 saturated heterocycles. The van der Waals surface area contributed by atoms with Crippen molar-refractivity contribution in [3.63, 3.8) is 0 Å². The van der Waals surface area contributed by atoms with Gasteiger partial charge in [-0.3, -0.25) is 4.72 Å². The monoisotopic (exact) mass is 319 g/mol. The van der Waals surface area contributed by atoms with Crippen LogP contribution in [-0.2, 0) is 10.0 Å². The predicted octanol–water partition coefficient (Wildman–Crippen LogP) is 2.81. The van der Waals surface area contributed by atoms with Gasteiger partial charge in [0.15, 0.2) is 11.5 Å². The molecule has 1 unspecified atom stereocenters. The minimum atomic E-state index is -3.42. The van der Waals surface area contributed by atoms with Gasteiger partial charge in [-0.05, 0) is 18.1 Å². The largest absolute Gasteiger partial charge is 0.449 e. The number of rotatable bonds is 5. The van der Waals surface area contributed by atoms with E-state index < -0.39 is 15.8 Å². The Morgan fingerprint density at radius 3 is 2.60 bits per heavy atom. The van der Waals surface area contributed by atoms with E-state index in [1.165, 1.54) is 0 Å². The molecule has 0 saturated carbocycles. The Kier molecular flexibility index (Phi) is 4.07. The average Bonchev–Trinajstić information content (AvgIpc) is 2.60. The maximum atomic E-state index is 12.0. The Morgan fingerprint density at radius 2 is 1.95 bits per heavy atom. The number of alkyl halides is 1. The second kappa shape index (κ2) is 5.33. The quantitative estimate of drug-likeness (QED) is 0.848. The third-order valence-corrected chi connectivity index (χ3v) is 4.78. The molecule has 2 rings (SSSR count). The maximum Gasteiger partial charge on any atom is 0.246 e. The average molecular weight is 320 g/mol. The minimum absolute atomic E-state index is 0.0174. The Bertz CT molecular complexity index is 600. The highest BCUT2D eigenvalue weighted by Crippen LogP contribution is 2.40. The number of benzene rings is 1. The van der Waals surface area contributed by atoms with E-state index in [4.69, 9.17) is 21.1 Å². The van der Waals surface area contributed by atoms with E-state index in [9.17, 15) is 8.42 Å². The third-order valence-electron chi connectivity index (χ3n) is 2.70. The highest BCUT2D eigenvalue weighted by Gasteiger charge is 2.31. The van der Waals surface area contributed by atoms with Crippen LogP contribution in [0.5, 0.6) is 11.5 Å². The van der Waals surface area contributed by atoms with Gasteiger partial charge < -0.3 is 9.47 Å². The standard InChI is InChI=1S/C13H18ClNO4S/c1-9(7-14)8-20(16,17)15-10-4-5-11-12(6-10)19-13(2,3)18-11/h4-6,9,15H,7-8H2,1-3H3. The lowest BCUT2D eigenvalue weighted by Crippen LogP contribution is -2.29. The van der Waals surface area contributed by atoms with Crippen molar-refractivity contribution >= 4 is 27.3 Å². The summed E-state index contributed by atoms with van der Waals surface area (Å²) in [4.78, 5) is 0. The van der Waals surface area contributed by atoms with Crippen LogP contribution in [0.4, 0.5) is 5.69 Å². The SMILES string of the molecule is CC(CCl)CS(=O)(=O)Nc1ccc2c(c1)OC(C)(C)O2. The van der Waals surface area contributed by atoms with Gasteiger partial charge in [-0.2, -0.15) is 0 Å². The van der Waals surface area contributed by atoms with Crippen molar-refractivity contribution in [3.05, 3.63) is 18.2 Å². The number of hydrogen-bond donors (Lipinski definition) is 1. The first-order valence-corrected chi connectivity index (χ1v) is 8.48. The summed E-state index contributed by atoms with van der Waals surface area (Å²) in [6.45, 7) is 5.37. The summed E-state index contributed by atoms with van der Waals surface area (Å²) >= 11 is 5.64. The van der Waals surface area contributed by atoms with Crippen LogP contribution in [0.3, 0.4) is 0 Å². The number of anilines is 1. The summed E-state index contributed by atoms with van der Waals surface area (Å²) in [5, 5.41) is 0. The highest BCUT2D eigenvalue weighted by molar-refractivity contribution is 7.92. The van der Waals surface area contributed by atoms with E-state index in [0.29, 0.717) is 23.1 Å². The molecule has 1 aromatic carbocycles. The summed E-state index contributed by atoms with van der Waals surface area (Å²) in [5.41, 5.74) is 0.451. The topological polar surface area (TPSA) is 64.6 Å². The second-order valence-electron chi connectivity index (χ2n) is 5.41. The molecule has 0 amide bonds. The van der Waals surface area contributed by atoms with E-state index in [1.807, 2.05) is 0 Å². The summed E-state index contributed by atoms with van der Waals surface area (Å²) in [5.74, 6) is 0.578. The van der Waals surface area contributed by atoms with Gasteiger partial charge in [-0.15, -0.1) is 11.6 Å². The lowest BCUT2D eigenvalue weighted by Gasteiger charge is -2.16. The van der Waals surface area contributed by atoms with Crippen molar-refractivity contribution in [2.75, 3.05) is 16.4 Å². The Hall–Kier alpha value is -1.14. The van der Waals surface area contributed by atoms with Crippen molar-refractivity contribution < 1.29 is 17.9 Å². The molecular formula is C13H18ClNO4S. The second-order valence-corrected chi connectivity index (χ2v) is 7.48. The van der Waals surface area contributed by atoms with E-state index >= 15 is 0 Å². The molecule has 1 aliphatic rings. The molecular weight excluding hydrogens is 302 g/mol. The molecule has 0 aliphatic carbocycles. The van der Waals surface area contributed by atoms with Gasteiger partial charge in [-0.1, -0.05) is 6.92 Å². The van der Waals surface area contributed by atoms with Crippen LogP contribution in [0.2, 0.25) is 0 Å². The summed E-state index contributed by atoms with van der Waals surface area (Å²) in [6, 6.07) is 4.95. The van der Waals surface area contributed by atoms with E-state index in [1.54, 1.807) is 39.0 Å². The van der Waals surface area contributed by atoms with Crippen LogP contribution in [0.25, 0.3) is 0 Å². The highest BCUT2D eigenvalue weighted by atomic mass is 35.5. The van der Waals surface area contributed by atoms with Crippen LogP contribution in [0, 0.1) is 5.92 Å². The smallest absolute Gasteiger partial charge is 0.246 e. The molecule has 20 heavy (non-hydrogen) atoms. The number of sulfonamides is 1. The fraction of sp³-hybridized carbons (Fsp3) is 0.538. The van der Waals surface area contributed by atoms with Gasteiger partial charge in [0.2, 0.25) is 15.8 Å². The van der Waals surface area contributed by atoms with E-state index in [2.05, 4.69) is 4.72 Å². The fourth-order valence-electron chi connectivity index (χ4n) is 1.93. The Labute approximate surface area is 124 Å². The molecule has 0 radical (unpaired) electrons. The first kappa shape index (κ1) is 15.3. The van der Waals surface area contributed by atoms with Crippen LogP contribution in [-0.4, -0.2) is 25.8 Å². The molecule has 0 spiro atoms. The molecule has 112 valence electrons. The van der Waals surface area contributed by atoms with Crippen LogP contribution >= 0.6 is 11.6 Å². The van der Waals surface area contributed by atoms with Crippen molar-refractivity contribution in [2.45, 2.75) is 26.6 Å². The summed E-state index contributed by atoms with van der Waals surface area (Å²) < 4.78 is 37.5. The van der Waals surface area contributed by atoms with E-state index in [-0.39, 0.29) is 11.7 Å². The van der Waals surface area contributed by atoms with Crippen LogP contribution < -0.4 is 14.2 Å². The number of hydrogen-bond acceptors (Lipinski definition) is 4. The molecule has 1 atom stereocenters. The molecule has 7 heteroatoms. The van der Waals surface area contributed by atoms with Gasteiger partial charge in [0.25, 0.3) is 0 Å². The summed E-state index contributed by atoms with van der Waals surface area (Å²) in [6.07, 6.45) is 0. The van der Waals surface area contributed by atoms with Crippen molar-refractivity contribution in [1.82, 2.24) is 0 Å². The van der Waals surface area contributed by atoms with Gasteiger partial charge >= 0.3 is 0 Å². The zero-order chi connectivity index (χ0) is 15.0. The van der Waals surface area contributed by atoms with E-state index in [0.717, 1.165) is 0 Å². The fourth-order valence-corrected chi connectivity index (χ4v) is 3.60. The van der Waals surface area contributed by atoms with Crippen molar-refractivity contribution in [3.8, 4) is 11.5 Å². The molecule has 1 heterocycles. The third kappa shape index (κ3) is 3.70. The minimum Gasteiger partial charge on any atom is -0.449 e. The van der Waals surface area contributed by atoms with Crippen LogP contribution in [0.15, 0.2) is 18.2 Å². The predicted molar refractivity (Wildman–Crippen MR) is 79.1 cm³/mol. The van der Waals surface area contributed by atoms with Gasteiger partial charge in [0, 0.05) is 25.8 Å². The molecule has 1 aliphatic heterocycles. The molecule has 1 N–H and O–H groups in total. The zero-order valence-electron chi connectivity index (χ0n) is 11.6. The Balaban J connectivity index is 2.13. The molecule has 0 fully saturated rings. The normalized spacial score (nSPS) is 17.8. The zero-order valence-corrected chi connectivity index (χ0v) is 13.2. The lowest BCUT2D eigenvalue weighted by molar-refractivity contribution is -0.0431. The molecule has 5 nitrogen and oxygen atoms in total. The first-order chi connectivity index (χ1) is 9.21. The number of fused-ring (bicyclic) bond motifs is 1. The van der Waals surface area contributed by atoms with Gasteiger partial charge in [-0.25, -0.2) is 8.42 Å². The lowest BCUT2D eigenvalue weighted by atomic mass is 10.3. The van der Waals surface area contributed by atoms with Crippen LogP contribution in [0.1, 0.15) is 20.8 Å². The molecule has 0 bridgehead atoms. The number of halogens is 1.